The maximum atomic E-state index is 12.3. The molecule has 1 aliphatic carbocycles. The number of rotatable bonds is 7. The van der Waals surface area contributed by atoms with E-state index in [1.54, 1.807) is 12.1 Å². The molecule has 1 aromatic heterocycles. The van der Waals surface area contributed by atoms with Gasteiger partial charge in [0.25, 0.3) is 0 Å². The van der Waals surface area contributed by atoms with Crippen LogP contribution in [0, 0.1) is 0 Å². The normalized spacial score (nSPS) is 16.0. The van der Waals surface area contributed by atoms with Crippen molar-refractivity contribution in [2.24, 2.45) is 0 Å². The Labute approximate surface area is 236 Å². The lowest BCUT2D eigenvalue weighted by molar-refractivity contribution is 0.122. The van der Waals surface area contributed by atoms with E-state index in [1.165, 1.54) is 4.90 Å². The zero-order valence-corrected chi connectivity index (χ0v) is 22.8. The van der Waals surface area contributed by atoms with Crippen molar-refractivity contribution in [3.8, 4) is 17.1 Å². The Balaban J connectivity index is 1.26. The minimum atomic E-state index is -0.545. The average Bonchev–Trinajstić information content (AvgIpc) is 3.76. The van der Waals surface area contributed by atoms with E-state index in [9.17, 15) is 4.79 Å². The number of anilines is 2. The van der Waals surface area contributed by atoms with Crippen molar-refractivity contribution < 1.29 is 14.3 Å². The van der Waals surface area contributed by atoms with E-state index >= 15 is 0 Å². The molecule has 1 amide bonds. The van der Waals surface area contributed by atoms with Crippen molar-refractivity contribution in [1.29, 1.82) is 0 Å². The third-order valence-corrected chi connectivity index (χ3v) is 8.46. The molecule has 1 saturated heterocycles. The average molecular weight is 559 g/mol. The molecule has 0 unspecified atom stereocenters. The predicted octanol–water partition coefficient (Wildman–Crippen LogP) is 7.03. The number of aromatic nitrogens is 2. The Morgan fingerprint density at radius 3 is 2.36 bits per heavy atom. The molecule has 39 heavy (non-hydrogen) atoms. The molecule has 2 fully saturated rings. The molecule has 4 aromatic rings. The minimum absolute atomic E-state index is 0.0880. The molecule has 3 aromatic carbocycles. The number of hydrogen-bond donors (Lipinski definition) is 1. The van der Waals surface area contributed by atoms with Crippen LogP contribution in [0.2, 0.25) is 5.02 Å². The van der Waals surface area contributed by atoms with E-state index in [-0.39, 0.29) is 4.75 Å². The van der Waals surface area contributed by atoms with E-state index < -0.39 is 6.09 Å². The maximum absolute atomic E-state index is 12.3. The topological polar surface area (TPSA) is 76.6 Å². The summed E-state index contributed by atoms with van der Waals surface area (Å²) in [6, 6.07) is 26.6. The minimum Gasteiger partial charge on any atom is -0.410 e. The summed E-state index contributed by atoms with van der Waals surface area (Å²) >= 11 is 7.94. The van der Waals surface area contributed by atoms with Crippen LogP contribution >= 0.6 is 23.4 Å². The summed E-state index contributed by atoms with van der Waals surface area (Å²) in [4.78, 5) is 25.8. The number of nitrogens with one attached hydrogen (secondary N) is 1. The molecule has 0 radical (unpaired) electrons. The summed E-state index contributed by atoms with van der Waals surface area (Å²) in [7, 11) is 0. The van der Waals surface area contributed by atoms with E-state index in [4.69, 9.17) is 31.0 Å². The summed E-state index contributed by atoms with van der Waals surface area (Å²) < 4.78 is 10.8. The number of hydrogen-bond acceptors (Lipinski definition) is 7. The summed E-state index contributed by atoms with van der Waals surface area (Å²) in [6.07, 6.45) is 1.55. The van der Waals surface area contributed by atoms with Gasteiger partial charge in [-0.05, 0) is 73.5 Å². The van der Waals surface area contributed by atoms with Crippen LogP contribution < -0.4 is 15.0 Å². The molecule has 0 spiro atoms. The van der Waals surface area contributed by atoms with Gasteiger partial charge in [-0.3, -0.25) is 5.32 Å². The van der Waals surface area contributed by atoms with Gasteiger partial charge < -0.3 is 14.4 Å². The van der Waals surface area contributed by atoms with E-state index in [1.807, 2.05) is 66.4 Å². The summed E-state index contributed by atoms with van der Waals surface area (Å²) in [6.45, 7) is 2.94. The second-order valence-corrected chi connectivity index (χ2v) is 11.4. The van der Waals surface area contributed by atoms with Crippen LogP contribution in [0.5, 0.6) is 5.75 Å². The van der Waals surface area contributed by atoms with Gasteiger partial charge in [0.2, 0.25) is 0 Å². The number of carbonyl (C=O) groups is 1. The van der Waals surface area contributed by atoms with Crippen LogP contribution in [0.1, 0.15) is 18.5 Å². The molecule has 6 rings (SSSR count). The second-order valence-electron chi connectivity index (χ2n) is 9.49. The molecule has 7 nitrogen and oxygen atoms in total. The lowest BCUT2D eigenvalue weighted by atomic mass is 10.1. The molecule has 1 aliphatic heterocycles. The van der Waals surface area contributed by atoms with Gasteiger partial charge >= 0.3 is 6.09 Å². The third kappa shape index (κ3) is 6.19. The summed E-state index contributed by atoms with van der Waals surface area (Å²) in [5.41, 5.74) is 2.53. The maximum Gasteiger partial charge on any atom is 0.417 e. The zero-order chi connectivity index (χ0) is 26.7. The Hall–Kier alpha value is -3.59. The monoisotopic (exact) mass is 558 g/mol. The second kappa shape index (κ2) is 11.3. The number of ether oxygens (including phenoxy) is 2. The van der Waals surface area contributed by atoms with Gasteiger partial charge in [-0.1, -0.05) is 29.8 Å². The van der Waals surface area contributed by atoms with Crippen LogP contribution in [0.4, 0.5) is 16.3 Å². The van der Waals surface area contributed by atoms with E-state index in [2.05, 4.69) is 28.4 Å². The Morgan fingerprint density at radius 1 is 0.949 bits per heavy atom. The summed E-state index contributed by atoms with van der Waals surface area (Å²) in [5.74, 6) is 2.06. The number of nitrogens with zero attached hydrogens (tertiary/aromatic N) is 3. The van der Waals surface area contributed by atoms with E-state index in [0.717, 1.165) is 48.0 Å². The van der Waals surface area contributed by atoms with Crippen molar-refractivity contribution in [1.82, 2.24) is 9.97 Å². The zero-order valence-electron chi connectivity index (χ0n) is 21.2. The summed E-state index contributed by atoms with van der Waals surface area (Å²) in [5, 5.41) is 3.50. The fourth-order valence-corrected chi connectivity index (χ4v) is 5.81. The standard InChI is InChI=1S/C30H27ClN4O3S/c31-22-8-12-25(13-9-22)39-30(14-15-30)26-20-27(35-16-18-37-19-17-35)34-28(33-26)21-6-10-23(11-7-21)32-29(36)38-24-4-2-1-3-5-24/h1-13,20H,14-19H2,(H,32,36). The smallest absolute Gasteiger partial charge is 0.410 e. The first-order chi connectivity index (χ1) is 19.1. The molecule has 1 saturated carbocycles. The number of halogens is 1. The van der Waals surface area contributed by atoms with Gasteiger partial charge in [0.1, 0.15) is 11.6 Å². The first-order valence-electron chi connectivity index (χ1n) is 12.9. The Morgan fingerprint density at radius 2 is 1.67 bits per heavy atom. The highest BCUT2D eigenvalue weighted by molar-refractivity contribution is 8.00. The van der Waals surface area contributed by atoms with Crippen LogP contribution in [-0.4, -0.2) is 42.4 Å². The van der Waals surface area contributed by atoms with Gasteiger partial charge in [-0.25, -0.2) is 14.8 Å². The number of para-hydroxylation sites is 1. The third-order valence-electron chi connectivity index (χ3n) is 6.69. The molecular formula is C30H27ClN4O3S. The highest BCUT2D eigenvalue weighted by atomic mass is 35.5. The number of morpholine rings is 1. The predicted molar refractivity (Wildman–Crippen MR) is 155 cm³/mol. The molecule has 1 N–H and O–H groups in total. The number of benzene rings is 3. The highest BCUT2D eigenvalue weighted by Crippen LogP contribution is 2.59. The van der Waals surface area contributed by atoms with Gasteiger partial charge in [-0.2, -0.15) is 0 Å². The van der Waals surface area contributed by atoms with Gasteiger partial charge in [0.05, 0.1) is 23.7 Å². The molecule has 9 heteroatoms. The SMILES string of the molecule is O=C(Nc1ccc(-c2nc(N3CCOCC3)cc(C3(Sc4ccc(Cl)cc4)CC3)n2)cc1)Oc1ccccc1. The molecule has 198 valence electrons. The molecule has 0 atom stereocenters. The van der Waals surface area contributed by atoms with Gasteiger partial charge in [-0.15, -0.1) is 11.8 Å². The quantitative estimate of drug-likeness (QED) is 0.261. The van der Waals surface area contributed by atoms with Crippen LogP contribution in [0.15, 0.2) is 89.8 Å². The first kappa shape index (κ1) is 25.7. The molecular weight excluding hydrogens is 532 g/mol. The fourth-order valence-electron chi connectivity index (χ4n) is 4.45. The van der Waals surface area contributed by atoms with Crippen molar-refractivity contribution in [2.45, 2.75) is 22.5 Å². The first-order valence-corrected chi connectivity index (χ1v) is 14.1. The van der Waals surface area contributed by atoms with Crippen molar-refractivity contribution in [3.63, 3.8) is 0 Å². The van der Waals surface area contributed by atoms with Crippen molar-refractivity contribution in [2.75, 3.05) is 36.5 Å². The number of thioether (sulfide) groups is 1. The van der Waals surface area contributed by atoms with Crippen LogP contribution in [0.25, 0.3) is 11.4 Å². The van der Waals surface area contributed by atoms with E-state index in [0.29, 0.717) is 30.5 Å². The number of amides is 1. The van der Waals surface area contributed by atoms with Crippen molar-refractivity contribution in [3.05, 3.63) is 95.6 Å². The fraction of sp³-hybridized carbons (Fsp3) is 0.233. The van der Waals surface area contributed by atoms with Crippen LogP contribution in [-0.2, 0) is 9.48 Å². The van der Waals surface area contributed by atoms with Gasteiger partial charge in [0.15, 0.2) is 5.82 Å². The molecule has 0 bridgehead atoms. The molecule has 2 heterocycles. The largest absolute Gasteiger partial charge is 0.417 e. The highest BCUT2D eigenvalue weighted by Gasteiger charge is 2.47. The Bertz CT molecular complexity index is 1440. The van der Waals surface area contributed by atoms with Gasteiger partial charge in [0, 0.05) is 40.3 Å². The number of carbonyl (C=O) groups excluding carboxylic acids is 1. The molecule has 2 aliphatic rings. The lowest BCUT2D eigenvalue weighted by Gasteiger charge is -2.29. The van der Waals surface area contributed by atoms with Crippen LogP contribution in [0.3, 0.4) is 0 Å². The van der Waals surface area contributed by atoms with Crippen molar-refractivity contribution >= 4 is 41.0 Å². The Kier molecular flexibility index (Phi) is 7.41. The lowest BCUT2D eigenvalue weighted by Crippen LogP contribution is -2.37.